The van der Waals surface area contributed by atoms with Crippen molar-refractivity contribution in [2.24, 2.45) is 0 Å². The highest BCUT2D eigenvalue weighted by atomic mass is 35.5. The second kappa shape index (κ2) is 10.2. The zero-order chi connectivity index (χ0) is 19.8. The largest absolute Gasteiger partial charge is 0.493 e. The number of hydrogen-bond donors (Lipinski definition) is 1. The number of halogens is 1. The molecule has 0 fully saturated rings. The highest BCUT2D eigenvalue weighted by molar-refractivity contribution is 6.30. The van der Waals surface area contributed by atoms with Gasteiger partial charge in [-0.3, -0.25) is 9.69 Å². The van der Waals surface area contributed by atoms with Crippen molar-refractivity contribution in [3.05, 3.63) is 58.6 Å². The molecular weight excluding hydrogens is 364 g/mol. The van der Waals surface area contributed by atoms with Gasteiger partial charge in [-0.2, -0.15) is 0 Å². The molecule has 146 valence electrons. The van der Waals surface area contributed by atoms with Crippen molar-refractivity contribution in [1.82, 2.24) is 10.2 Å². The van der Waals surface area contributed by atoms with Crippen molar-refractivity contribution in [3.63, 3.8) is 0 Å². The highest BCUT2D eigenvalue weighted by Crippen LogP contribution is 2.27. The molecule has 0 aliphatic rings. The van der Waals surface area contributed by atoms with Gasteiger partial charge in [-0.15, -0.1) is 0 Å². The lowest BCUT2D eigenvalue weighted by Gasteiger charge is -2.30. The summed E-state index contributed by atoms with van der Waals surface area (Å²) in [5.41, 5.74) is 1.65. The summed E-state index contributed by atoms with van der Waals surface area (Å²) >= 11 is 6.02. The van der Waals surface area contributed by atoms with Crippen molar-refractivity contribution >= 4 is 17.5 Å². The molecule has 0 spiro atoms. The van der Waals surface area contributed by atoms with Crippen molar-refractivity contribution in [2.75, 3.05) is 33.9 Å². The van der Waals surface area contributed by atoms with E-state index in [0.717, 1.165) is 18.7 Å². The molecule has 1 N–H and O–H groups in total. The standard InChI is InChI=1S/C21H27ClN2O3/c1-5-24(6-2)18(15-7-10-17(22)11-8-15)14-23-21(25)16-9-12-19(26-3)20(13-16)27-4/h7-13,18H,5-6,14H2,1-4H3,(H,23,25). The van der Waals surface area contributed by atoms with Crippen LogP contribution in [-0.4, -0.2) is 44.7 Å². The summed E-state index contributed by atoms with van der Waals surface area (Å²) in [6, 6.07) is 13.0. The maximum atomic E-state index is 12.7. The van der Waals surface area contributed by atoms with E-state index in [1.165, 1.54) is 0 Å². The van der Waals surface area contributed by atoms with Crippen LogP contribution in [0.2, 0.25) is 5.02 Å². The minimum Gasteiger partial charge on any atom is -0.493 e. The van der Waals surface area contributed by atoms with Crippen LogP contribution in [0.3, 0.4) is 0 Å². The van der Waals surface area contributed by atoms with E-state index in [1.54, 1.807) is 32.4 Å². The van der Waals surface area contributed by atoms with Crippen LogP contribution in [0.5, 0.6) is 11.5 Å². The van der Waals surface area contributed by atoms with Crippen LogP contribution in [-0.2, 0) is 0 Å². The third kappa shape index (κ3) is 5.37. The number of nitrogens with one attached hydrogen (secondary N) is 1. The average Bonchev–Trinajstić information content (AvgIpc) is 2.71. The lowest BCUT2D eigenvalue weighted by Crippen LogP contribution is -2.38. The van der Waals surface area contributed by atoms with E-state index in [4.69, 9.17) is 21.1 Å². The molecule has 1 amide bonds. The maximum Gasteiger partial charge on any atom is 0.251 e. The first kappa shape index (κ1) is 21.1. The number of rotatable bonds is 9. The number of likely N-dealkylation sites (N-methyl/N-ethyl adjacent to an activating group) is 1. The van der Waals surface area contributed by atoms with Gasteiger partial charge in [0.15, 0.2) is 11.5 Å². The molecule has 0 saturated heterocycles. The topological polar surface area (TPSA) is 50.8 Å². The molecule has 0 saturated carbocycles. The van der Waals surface area contributed by atoms with Gasteiger partial charge in [0, 0.05) is 17.1 Å². The van der Waals surface area contributed by atoms with Gasteiger partial charge < -0.3 is 14.8 Å². The fourth-order valence-corrected chi connectivity index (χ4v) is 3.20. The first-order chi connectivity index (χ1) is 13.0. The van der Waals surface area contributed by atoms with Gasteiger partial charge in [0.1, 0.15) is 0 Å². The molecule has 0 aliphatic heterocycles. The second-order valence-electron chi connectivity index (χ2n) is 6.07. The average molecular weight is 391 g/mol. The fourth-order valence-electron chi connectivity index (χ4n) is 3.08. The normalized spacial score (nSPS) is 11.9. The lowest BCUT2D eigenvalue weighted by atomic mass is 10.0. The van der Waals surface area contributed by atoms with Crippen molar-refractivity contribution in [2.45, 2.75) is 19.9 Å². The molecule has 5 nitrogen and oxygen atoms in total. The van der Waals surface area contributed by atoms with Crippen LogP contribution in [0, 0.1) is 0 Å². The summed E-state index contributed by atoms with van der Waals surface area (Å²) < 4.78 is 10.5. The van der Waals surface area contributed by atoms with Gasteiger partial charge in [0.05, 0.1) is 20.3 Å². The van der Waals surface area contributed by atoms with E-state index in [-0.39, 0.29) is 11.9 Å². The van der Waals surface area contributed by atoms with Crippen LogP contribution < -0.4 is 14.8 Å². The molecule has 2 aromatic carbocycles. The highest BCUT2D eigenvalue weighted by Gasteiger charge is 2.19. The van der Waals surface area contributed by atoms with E-state index in [9.17, 15) is 4.79 Å². The van der Waals surface area contributed by atoms with Gasteiger partial charge >= 0.3 is 0 Å². The predicted molar refractivity (Wildman–Crippen MR) is 109 cm³/mol. The van der Waals surface area contributed by atoms with E-state index >= 15 is 0 Å². The SMILES string of the molecule is CCN(CC)C(CNC(=O)c1ccc(OC)c(OC)c1)c1ccc(Cl)cc1. The summed E-state index contributed by atoms with van der Waals surface area (Å²) in [6.07, 6.45) is 0. The van der Waals surface area contributed by atoms with Crippen molar-refractivity contribution in [1.29, 1.82) is 0 Å². The number of nitrogens with zero attached hydrogens (tertiary/aromatic N) is 1. The number of carbonyl (C=O) groups is 1. The quantitative estimate of drug-likeness (QED) is 0.698. The van der Waals surface area contributed by atoms with Gasteiger partial charge in [0.2, 0.25) is 0 Å². The Kier molecular flexibility index (Phi) is 7.95. The molecule has 0 radical (unpaired) electrons. The Labute approximate surface area is 166 Å². The zero-order valence-corrected chi connectivity index (χ0v) is 17.0. The van der Waals surface area contributed by atoms with Gasteiger partial charge in [0.25, 0.3) is 5.91 Å². The monoisotopic (exact) mass is 390 g/mol. The minimum atomic E-state index is -0.151. The van der Waals surface area contributed by atoms with Crippen LogP contribution >= 0.6 is 11.6 Å². The molecule has 2 aromatic rings. The molecular formula is C21H27ClN2O3. The van der Waals surface area contributed by atoms with Gasteiger partial charge in [-0.25, -0.2) is 0 Å². The molecule has 1 atom stereocenters. The lowest BCUT2D eigenvalue weighted by molar-refractivity contribution is 0.0934. The van der Waals surface area contributed by atoms with E-state index in [0.29, 0.717) is 28.6 Å². The van der Waals surface area contributed by atoms with E-state index in [1.807, 2.05) is 24.3 Å². The number of ether oxygens (including phenoxy) is 2. The van der Waals surface area contributed by atoms with Crippen LogP contribution in [0.1, 0.15) is 35.8 Å². The number of hydrogen-bond acceptors (Lipinski definition) is 4. The number of benzene rings is 2. The third-order valence-electron chi connectivity index (χ3n) is 4.61. The Morgan fingerprint density at radius 1 is 1.04 bits per heavy atom. The predicted octanol–water partition coefficient (Wildman–Crippen LogP) is 4.17. The van der Waals surface area contributed by atoms with Crippen molar-refractivity contribution < 1.29 is 14.3 Å². The molecule has 27 heavy (non-hydrogen) atoms. The van der Waals surface area contributed by atoms with Crippen LogP contribution in [0.15, 0.2) is 42.5 Å². The summed E-state index contributed by atoms with van der Waals surface area (Å²) in [5, 5.41) is 3.74. The molecule has 0 heterocycles. The molecule has 0 aliphatic carbocycles. The Bertz CT molecular complexity index is 746. The Balaban J connectivity index is 2.16. The smallest absolute Gasteiger partial charge is 0.251 e. The van der Waals surface area contributed by atoms with E-state index < -0.39 is 0 Å². The number of carbonyl (C=O) groups excluding carboxylic acids is 1. The first-order valence-electron chi connectivity index (χ1n) is 9.03. The van der Waals surface area contributed by atoms with E-state index in [2.05, 4.69) is 24.1 Å². The van der Waals surface area contributed by atoms with Crippen molar-refractivity contribution in [3.8, 4) is 11.5 Å². The Hall–Kier alpha value is -2.24. The number of methoxy groups -OCH3 is 2. The summed E-state index contributed by atoms with van der Waals surface area (Å²) in [5.74, 6) is 0.974. The van der Waals surface area contributed by atoms with Crippen LogP contribution in [0.4, 0.5) is 0 Å². The molecule has 0 aromatic heterocycles. The van der Waals surface area contributed by atoms with Crippen LogP contribution in [0.25, 0.3) is 0 Å². The molecule has 6 heteroatoms. The third-order valence-corrected chi connectivity index (χ3v) is 4.86. The first-order valence-corrected chi connectivity index (χ1v) is 9.41. The Morgan fingerprint density at radius 3 is 2.22 bits per heavy atom. The van der Waals surface area contributed by atoms with Gasteiger partial charge in [-0.1, -0.05) is 37.6 Å². The second-order valence-corrected chi connectivity index (χ2v) is 6.50. The zero-order valence-electron chi connectivity index (χ0n) is 16.3. The molecule has 0 bridgehead atoms. The fraction of sp³-hybridized carbons (Fsp3) is 0.381. The number of amides is 1. The maximum absolute atomic E-state index is 12.7. The minimum absolute atomic E-state index is 0.0707. The Morgan fingerprint density at radius 2 is 1.67 bits per heavy atom. The summed E-state index contributed by atoms with van der Waals surface area (Å²) in [7, 11) is 3.12. The molecule has 2 rings (SSSR count). The summed E-state index contributed by atoms with van der Waals surface area (Å²) in [4.78, 5) is 15.0. The summed E-state index contributed by atoms with van der Waals surface area (Å²) in [6.45, 7) is 6.49. The van der Waals surface area contributed by atoms with Gasteiger partial charge in [-0.05, 0) is 49.0 Å². The molecule has 1 unspecified atom stereocenters.